The third-order valence-electron chi connectivity index (χ3n) is 3.23. The van der Waals surface area contributed by atoms with E-state index < -0.39 is 0 Å². The second kappa shape index (κ2) is 6.53. The molecule has 0 aliphatic heterocycles. The van der Waals surface area contributed by atoms with Gasteiger partial charge in [-0.05, 0) is 39.2 Å². The van der Waals surface area contributed by atoms with Crippen LogP contribution in [0, 0.1) is 5.41 Å². The van der Waals surface area contributed by atoms with Crippen LogP contribution < -0.4 is 5.32 Å². The average Bonchev–Trinajstić information content (AvgIpc) is 2.32. The zero-order chi connectivity index (χ0) is 15.4. The Morgan fingerprint density at radius 3 is 2.05 bits per heavy atom. The lowest BCUT2D eigenvalue weighted by Gasteiger charge is -2.32. The van der Waals surface area contributed by atoms with E-state index >= 15 is 0 Å². The Morgan fingerprint density at radius 1 is 1.05 bits per heavy atom. The fourth-order valence-corrected chi connectivity index (χ4v) is 2.27. The van der Waals surface area contributed by atoms with Crippen molar-refractivity contribution < 1.29 is 4.79 Å². The van der Waals surface area contributed by atoms with Gasteiger partial charge in [-0.2, -0.15) is 0 Å². The number of ketones is 1. The zero-order valence-corrected chi connectivity index (χ0v) is 13.8. The highest BCUT2D eigenvalue weighted by Gasteiger charge is 2.31. The van der Waals surface area contributed by atoms with Crippen molar-refractivity contribution in [3.8, 4) is 0 Å². The molecule has 0 fully saturated rings. The first kappa shape index (κ1) is 16.9. The van der Waals surface area contributed by atoms with E-state index in [9.17, 15) is 4.79 Å². The molecule has 1 aromatic carbocycles. The Kier molecular flexibility index (Phi) is 5.52. The number of rotatable bonds is 5. The van der Waals surface area contributed by atoms with E-state index in [1.807, 2.05) is 39.0 Å². The number of benzene rings is 1. The molecule has 0 heterocycles. The van der Waals surface area contributed by atoms with Gasteiger partial charge in [-0.25, -0.2) is 0 Å². The van der Waals surface area contributed by atoms with Crippen LogP contribution in [0.3, 0.4) is 0 Å². The Balaban J connectivity index is 2.76. The highest BCUT2D eigenvalue weighted by molar-refractivity contribution is 5.88. The van der Waals surface area contributed by atoms with Gasteiger partial charge >= 0.3 is 0 Å². The molecule has 1 rings (SSSR count). The van der Waals surface area contributed by atoms with Gasteiger partial charge in [0.15, 0.2) is 5.78 Å². The van der Waals surface area contributed by atoms with Crippen LogP contribution in [-0.4, -0.2) is 17.4 Å². The molecule has 0 amide bonds. The van der Waals surface area contributed by atoms with Gasteiger partial charge in [0.2, 0.25) is 0 Å². The van der Waals surface area contributed by atoms with E-state index in [0.717, 1.165) is 12.8 Å². The first-order valence-electron chi connectivity index (χ1n) is 7.45. The van der Waals surface area contributed by atoms with Crippen LogP contribution in [0.25, 0.3) is 0 Å². The van der Waals surface area contributed by atoms with Crippen molar-refractivity contribution in [2.45, 2.75) is 66.0 Å². The molecule has 1 atom stereocenters. The second-order valence-corrected chi connectivity index (χ2v) is 7.59. The molecule has 112 valence electrons. The van der Waals surface area contributed by atoms with Crippen molar-refractivity contribution in [3.63, 3.8) is 0 Å². The van der Waals surface area contributed by atoms with Crippen LogP contribution in [0.4, 0.5) is 0 Å². The Hall–Kier alpha value is -1.15. The van der Waals surface area contributed by atoms with Crippen molar-refractivity contribution in [1.29, 1.82) is 0 Å². The van der Waals surface area contributed by atoms with E-state index in [0.29, 0.717) is 5.78 Å². The first-order valence-corrected chi connectivity index (χ1v) is 7.45. The fourth-order valence-electron chi connectivity index (χ4n) is 2.27. The molecule has 20 heavy (non-hydrogen) atoms. The van der Waals surface area contributed by atoms with Crippen molar-refractivity contribution >= 4 is 5.78 Å². The van der Waals surface area contributed by atoms with E-state index in [-0.39, 0.29) is 17.0 Å². The van der Waals surface area contributed by atoms with E-state index in [2.05, 4.69) is 38.2 Å². The minimum atomic E-state index is -0.306. The molecule has 0 saturated carbocycles. The summed E-state index contributed by atoms with van der Waals surface area (Å²) in [6.07, 6.45) is 1.77. The summed E-state index contributed by atoms with van der Waals surface area (Å²) in [5, 5.41) is 3.48. The molecule has 0 aliphatic carbocycles. The molecule has 2 nitrogen and oxygen atoms in total. The maximum atomic E-state index is 12.6. The van der Waals surface area contributed by atoms with Crippen LogP contribution in [0.2, 0.25) is 0 Å². The number of aryl methyl sites for hydroxylation is 1. The summed E-state index contributed by atoms with van der Waals surface area (Å²) in [6, 6.07) is 10.3. The number of carbonyl (C=O) groups is 1. The number of nitrogens with one attached hydrogen (secondary N) is 1. The molecular formula is C18H29NO. The predicted molar refractivity (Wildman–Crippen MR) is 85.9 cm³/mol. The normalized spacial score (nSPS) is 14.1. The number of hydrogen-bond acceptors (Lipinski definition) is 2. The summed E-state index contributed by atoms with van der Waals surface area (Å²) in [5.74, 6) is 0.295. The third kappa shape index (κ3) is 5.87. The molecule has 0 saturated heterocycles. The van der Waals surface area contributed by atoms with Crippen molar-refractivity contribution in [2.24, 2.45) is 5.41 Å². The lowest BCUT2D eigenvalue weighted by atomic mass is 9.83. The maximum absolute atomic E-state index is 12.6. The molecule has 1 N–H and O–H groups in total. The molecule has 0 bridgehead atoms. The van der Waals surface area contributed by atoms with E-state index in [1.54, 1.807) is 0 Å². The SMILES string of the molecule is CC(C)(C)NC(CCc1ccccc1)C(=O)C(C)(C)C. The molecule has 0 aromatic heterocycles. The number of Topliss-reactive ketones (excluding diaryl/α,β-unsaturated/α-hetero) is 1. The molecule has 0 aliphatic rings. The molecule has 1 unspecified atom stereocenters. The van der Waals surface area contributed by atoms with Crippen LogP contribution >= 0.6 is 0 Å². The summed E-state index contributed by atoms with van der Waals surface area (Å²) >= 11 is 0. The highest BCUT2D eigenvalue weighted by atomic mass is 16.1. The summed E-state index contributed by atoms with van der Waals surface area (Å²) in [4.78, 5) is 12.6. The predicted octanol–water partition coefficient (Wildman–Crippen LogP) is 3.99. The summed E-state index contributed by atoms with van der Waals surface area (Å²) in [7, 11) is 0. The molecule has 1 aromatic rings. The summed E-state index contributed by atoms with van der Waals surface area (Å²) < 4.78 is 0. The smallest absolute Gasteiger partial charge is 0.155 e. The van der Waals surface area contributed by atoms with Gasteiger partial charge in [0.05, 0.1) is 6.04 Å². The van der Waals surface area contributed by atoms with E-state index in [4.69, 9.17) is 0 Å². The van der Waals surface area contributed by atoms with Gasteiger partial charge in [-0.3, -0.25) is 4.79 Å². The van der Waals surface area contributed by atoms with Crippen LogP contribution in [0.5, 0.6) is 0 Å². The Labute approximate surface area is 124 Å². The largest absolute Gasteiger partial charge is 0.303 e. The Morgan fingerprint density at radius 2 is 1.60 bits per heavy atom. The lowest BCUT2D eigenvalue weighted by molar-refractivity contribution is -0.129. The van der Waals surface area contributed by atoms with Crippen molar-refractivity contribution in [2.75, 3.05) is 0 Å². The minimum Gasteiger partial charge on any atom is -0.303 e. The van der Waals surface area contributed by atoms with Crippen LogP contribution in [0.1, 0.15) is 53.5 Å². The first-order chi connectivity index (χ1) is 9.09. The topological polar surface area (TPSA) is 29.1 Å². The standard InChI is InChI=1S/C18H29NO/c1-17(2,3)16(20)15(19-18(4,5)6)13-12-14-10-8-7-9-11-14/h7-11,15,19H,12-13H2,1-6H3. The third-order valence-corrected chi connectivity index (χ3v) is 3.23. The van der Waals surface area contributed by atoms with E-state index in [1.165, 1.54) is 5.56 Å². The van der Waals surface area contributed by atoms with Crippen molar-refractivity contribution in [1.82, 2.24) is 5.32 Å². The quantitative estimate of drug-likeness (QED) is 0.880. The van der Waals surface area contributed by atoms with Gasteiger partial charge in [0.1, 0.15) is 0 Å². The van der Waals surface area contributed by atoms with Crippen LogP contribution in [0.15, 0.2) is 30.3 Å². The number of carbonyl (C=O) groups excluding carboxylic acids is 1. The molecule has 0 radical (unpaired) electrons. The van der Waals surface area contributed by atoms with Gasteiger partial charge < -0.3 is 5.32 Å². The monoisotopic (exact) mass is 275 g/mol. The molecule has 2 heteroatoms. The average molecular weight is 275 g/mol. The van der Waals surface area contributed by atoms with Gasteiger partial charge in [-0.15, -0.1) is 0 Å². The highest BCUT2D eigenvalue weighted by Crippen LogP contribution is 2.21. The molecular weight excluding hydrogens is 246 g/mol. The fraction of sp³-hybridized carbons (Fsp3) is 0.611. The summed E-state index contributed by atoms with van der Waals surface area (Å²) in [5.41, 5.74) is 0.928. The lowest BCUT2D eigenvalue weighted by Crippen LogP contribution is -2.51. The van der Waals surface area contributed by atoms with Crippen molar-refractivity contribution in [3.05, 3.63) is 35.9 Å². The second-order valence-electron chi connectivity index (χ2n) is 7.59. The van der Waals surface area contributed by atoms with Gasteiger partial charge in [0, 0.05) is 11.0 Å². The summed E-state index contributed by atoms with van der Waals surface area (Å²) in [6.45, 7) is 12.3. The number of hydrogen-bond donors (Lipinski definition) is 1. The molecule has 0 spiro atoms. The minimum absolute atomic E-state index is 0.0533. The Bertz CT molecular complexity index is 423. The van der Waals surface area contributed by atoms with Gasteiger partial charge in [0.25, 0.3) is 0 Å². The van der Waals surface area contributed by atoms with Crippen LogP contribution in [-0.2, 0) is 11.2 Å². The van der Waals surface area contributed by atoms with Gasteiger partial charge in [-0.1, -0.05) is 51.1 Å². The zero-order valence-electron chi connectivity index (χ0n) is 13.8. The maximum Gasteiger partial charge on any atom is 0.155 e.